The number of hydrogen-bond donors (Lipinski definition) is 2. The van der Waals surface area contributed by atoms with Gasteiger partial charge in [0.05, 0.1) is 6.61 Å². The second kappa shape index (κ2) is 6.08. The van der Waals surface area contributed by atoms with Gasteiger partial charge in [-0.05, 0) is 12.3 Å². The van der Waals surface area contributed by atoms with Crippen LogP contribution < -0.4 is 5.32 Å². The van der Waals surface area contributed by atoms with Gasteiger partial charge in [-0.1, -0.05) is 13.3 Å². The molecular weight excluding hydrogens is 192 g/mol. The van der Waals surface area contributed by atoms with Crippen molar-refractivity contribution < 1.29 is 9.90 Å². The lowest BCUT2D eigenvalue weighted by Gasteiger charge is -2.37. The molecule has 15 heavy (non-hydrogen) atoms. The molecule has 0 radical (unpaired) electrons. The van der Waals surface area contributed by atoms with Crippen LogP contribution in [0, 0.1) is 5.92 Å². The number of amides is 1. The molecule has 88 valence electrons. The second-order valence-electron chi connectivity index (χ2n) is 4.31. The summed E-state index contributed by atoms with van der Waals surface area (Å²) in [6.45, 7) is 6.24. The number of nitrogens with one attached hydrogen (secondary N) is 1. The van der Waals surface area contributed by atoms with Gasteiger partial charge in [-0.15, -0.1) is 0 Å². The van der Waals surface area contributed by atoms with E-state index in [9.17, 15) is 4.79 Å². The summed E-state index contributed by atoms with van der Waals surface area (Å²) in [4.78, 5) is 13.2. The number of aliphatic hydroxyl groups excluding tert-OH is 1. The fourth-order valence-corrected chi connectivity index (χ4v) is 2.17. The molecular formula is C11H22N2O2. The van der Waals surface area contributed by atoms with Gasteiger partial charge in [-0.3, -0.25) is 4.79 Å². The standard InChI is InChI=1S/C11H22N2O2/c1-3-10-6-11(12-4-5-14)8-13(7-10)9(2)15/h10-12,14H,3-8H2,1-2H3. The number of nitrogens with zero attached hydrogens (tertiary/aromatic N) is 1. The van der Waals surface area contributed by atoms with Crippen LogP contribution in [-0.4, -0.2) is 48.2 Å². The van der Waals surface area contributed by atoms with Crippen LogP contribution in [0.1, 0.15) is 26.7 Å². The minimum Gasteiger partial charge on any atom is -0.395 e. The highest BCUT2D eigenvalue weighted by atomic mass is 16.3. The lowest BCUT2D eigenvalue weighted by molar-refractivity contribution is -0.131. The smallest absolute Gasteiger partial charge is 0.219 e. The zero-order valence-corrected chi connectivity index (χ0v) is 9.70. The fourth-order valence-electron chi connectivity index (χ4n) is 2.17. The number of hydrogen-bond acceptors (Lipinski definition) is 3. The topological polar surface area (TPSA) is 52.6 Å². The van der Waals surface area contributed by atoms with Crippen molar-refractivity contribution in [1.82, 2.24) is 10.2 Å². The van der Waals surface area contributed by atoms with Crippen LogP contribution in [0.5, 0.6) is 0 Å². The summed E-state index contributed by atoms with van der Waals surface area (Å²) in [7, 11) is 0. The molecule has 1 amide bonds. The molecule has 1 aliphatic heterocycles. The van der Waals surface area contributed by atoms with Crippen LogP contribution >= 0.6 is 0 Å². The number of rotatable bonds is 4. The molecule has 1 fully saturated rings. The van der Waals surface area contributed by atoms with Gasteiger partial charge in [0, 0.05) is 32.6 Å². The third-order valence-corrected chi connectivity index (χ3v) is 3.10. The molecule has 0 saturated carbocycles. The Labute approximate surface area is 91.6 Å². The summed E-state index contributed by atoms with van der Waals surface area (Å²) in [5.41, 5.74) is 0. The van der Waals surface area contributed by atoms with Crippen LogP contribution in [0.2, 0.25) is 0 Å². The summed E-state index contributed by atoms with van der Waals surface area (Å²) >= 11 is 0. The van der Waals surface area contributed by atoms with E-state index in [0.29, 0.717) is 18.5 Å². The van der Waals surface area contributed by atoms with Gasteiger partial charge in [-0.2, -0.15) is 0 Å². The minimum atomic E-state index is 0.156. The SMILES string of the molecule is CCC1CC(NCCO)CN(C(C)=O)C1. The molecule has 2 unspecified atom stereocenters. The van der Waals surface area contributed by atoms with Gasteiger partial charge in [-0.25, -0.2) is 0 Å². The Kier molecular flexibility index (Phi) is 5.05. The normalized spacial score (nSPS) is 26.7. The first-order chi connectivity index (χ1) is 7.17. The molecule has 1 heterocycles. The van der Waals surface area contributed by atoms with Crippen molar-refractivity contribution >= 4 is 5.91 Å². The molecule has 0 spiro atoms. The molecule has 0 bridgehead atoms. The Morgan fingerprint density at radius 3 is 2.80 bits per heavy atom. The third-order valence-electron chi connectivity index (χ3n) is 3.10. The van der Waals surface area contributed by atoms with Crippen molar-refractivity contribution in [3.8, 4) is 0 Å². The minimum absolute atomic E-state index is 0.156. The summed E-state index contributed by atoms with van der Waals surface area (Å²) in [6, 6.07) is 0.347. The van der Waals surface area contributed by atoms with E-state index in [4.69, 9.17) is 5.11 Å². The van der Waals surface area contributed by atoms with Crippen LogP contribution in [0.15, 0.2) is 0 Å². The fraction of sp³-hybridized carbons (Fsp3) is 0.909. The van der Waals surface area contributed by atoms with Crippen molar-refractivity contribution in [1.29, 1.82) is 0 Å². The van der Waals surface area contributed by atoms with Gasteiger partial charge in [0.1, 0.15) is 0 Å². The van der Waals surface area contributed by atoms with Gasteiger partial charge >= 0.3 is 0 Å². The summed E-state index contributed by atoms with van der Waals surface area (Å²) < 4.78 is 0. The highest BCUT2D eigenvalue weighted by Crippen LogP contribution is 2.19. The van der Waals surface area contributed by atoms with Gasteiger partial charge in [0.25, 0.3) is 0 Å². The number of aliphatic hydroxyl groups is 1. The third kappa shape index (κ3) is 3.80. The van der Waals surface area contributed by atoms with E-state index in [1.807, 2.05) is 4.90 Å². The van der Waals surface area contributed by atoms with Crippen LogP contribution in [0.25, 0.3) is 0 Å². The van der Waals surface area contributed by atoms with Crippen LogP contribution in [-0.2, 0) is 4.79 Å². The Balaban J connectivity index is 2.47. The van der Waals surface area contributed by atoms with Crippen molar-refractivity contribution in [3.63, 3.8) is 0 Å². The number of carbonyl (C=O) groups is 1. The van der Waals surface area contributed by atoms with Crippen molar-refractivity contribution in [2.75, 3.05) is 26.2 Å². The Morgan fingerprint density at radius 1 is 1.53 bits per heavy atom. The first-order valence-electron chi connectivity index (χ1n) is 5.77. The zero-order valence-electron chi connectivity index (χ0n) is 9.70. The molecule has 0 aromatic rings. The average Bonchev–Trinajstić information content (AvgIpc) is 2.25. The van der Waals surface area contributed by atoms with E-state index in [0.717, 1.165) is 25.9 Å². The van der Waals surface area contributed by atoms with Gasteiger partial charge in [0.15, 0.2) is 0 Å². The van der Waals surface area contributed by atoms with E-state index in [1.165, 1.54) is 0 Å². The first-order valence-corrected chi connectivity index (χ1v) is 5.77. The summed E-state index contributed by atoms with van der Waals surface area (Å²) in [5.74, 6) is 0.753. The summed E-state index contributed by atoms with van der Waals surface area (Å²) in [5, 5.41) is 12.0. The number of likely N-dealkylation sites (tertiary alicyclic amines) is 1. The molecule has 4 heteroatoms. The van der Waals surface area contributed by atoms with E-state index >= 15 is 0 Å². The van der Waals surface area contributed by atoms with E-state index in [-0.39, 0.29) is 12.5 Å². The lowest BCUT2D eigenvalue weighted by atomic mass is 9.92. The average molecular weight is 214 g/mol. The van der Waals surface area contributed by atoms with Crippen LogP contribution in [0.4, 0.5) is 0 Å². The molecule has 1 aliphatic rings. The number of piperidine rings is 1. The monoisotopic (exact) mass is 214 g/mol. The molecule has 1 saturated heterocycles. The highest BCUT2D eigenvalue weighted by molar-refractivity contribution is 5.73. The lowest BCUT2D eigenvalue weighted by Crippen LogP contribution is -2.51. The predicted octanol–water partition coefficient (Wildman–Crippen LogP) is 0.215. The molecule has 1 rings (SSSR count). The zero-order chi connectivity index (χ0) is 11.3. The maximum Gasteiger partial charge on any atom is 0.219 e. The Hall–Kier alpha value is -0.610. The van der Waals surface area contributed by atoms with E-state index in [2.05, 4.69) is 12.2 Å². The molecule has 2 N–H and O–H groups in total. The van der Waals surface area contributed by atoms with Crippen molar-refractivity contribution in [2.24, 2.45) is 5.92 Å². The highest BCUT2D eigenvalue weighted by Gasteiger charge is 2.26. The largest absolute Gasteiger partial charge is 0.395 e. The molecule has 4 nitrogen and oxygen atoms in total. The molecule has 2 atom stereocenters. The Morgan fingerprint density at radius 2 is 2.27 bits per heavy atom. The van der Waals surface area contributed by atoms with Gasteiger partial charge in [0.2, 0.25) is 5.91 Å². The van der Waals surface area contributed by atoms with E-state index < -0.39 is 0 Å². The molecule has 0 aromatic carbocycles. The summed E-state index contributed by atoms with van der Waals surface area (Å²) in [6.07, 6.45) is 2.22. The van der Waals surface area contributed by atoms with Crippen molar-refractivity contribution in [2.45, 2.75) is 32.7 Å². The van der Waals surface area contributed by atoms with Crippen molar-refractivity contribution in [3.05, 3.63) is 0 Å². The maximum atomic E-state index is 11.3. The van der Waals surface area contributed by atoms with Crippen LogP contribution in [0.3, 0.4) is 0 Å². The molecule has 0 aliphatic carbocycles. The quantitative estimate of drug-likeness (QED) is 0.703. The number of carbonyl (C=O) groups excluding carboxylic acids is 1. The molecule has 0 aromatic heterocycles. The second-order valence-corrected chi connectivity index (χ2v) is 4.31. The van der Waals surface area contributed by atoms with Gasteiger partial charge < -0.3 is 15.3 Å². The predicted molar refractivity (Wildman–Crippen MR) is 59.5 cm³/mol. The van der Waals surface area contributed by atoms with E-state index in [1.54, 1.807) is 6.92 Å². The first kappa shape index (κ1) is 12.5. The Bertz CT molecular complexity index is 209. The maximum absolute atomic E-state index is 11.3.